The number of carbonyl (C=O) groups is 4. The minimum atomic E-state index is -1.46. The Labute approximate surface area is 179 Å². The number of carbonyl (C=O) groups excluding carboxylic acids is 3. The zero-order chi connectivity index (χ0) is 23.3. The van der Waals surface area contributed by atoms with Gasteiger partial charge in [-0.3, -0.25) is 4.79 Å². The number of imide groups is 2. The van der Waals surface area contributed by atoms with Gasteiger partial charge in [-0.15, -0.1) is 0 Å². The van der Waals surface area contributed by atoms with Crippen LogP contribution in [0.5, 0.6) is 5.75 Å². The first-order valence-electron chi connectivity index (χ1n) is 9.67. The number of anilines is 2. The van der Waals surface area contributed by atoms with Crippen LogP contribution in [0.2, 0.25) is 0 Å². The first-order chi connectivity index (χ1) is 14.5. The summed E-state index contributed by atoms with van der Waals surface area (Å²) in [6, 6.07) is 1.99. The van der Waals surface area contributed by atoms with Crippen LogP contribution in [0.4, 0.5) is 25.8 Å². The Morgan fingerprint density at radius 1 is 1.26 bits per heavy atom. The number of methoxy groups -OCH3 is 1. The van der Waals surface area contributed by atoms with Crippen LogP contribution in [-0.4, -0.2) is 54.7 Å². The number of fused-ring (bicyclic) bond motifs is 1. The zero-order valence-electron chi connectivity index (χ0n) is 18.1. The standard InChI is InChI=1S/C20H27N3O8/c1-6-30-18(26)22-17(25)21-12-9-11-7-8-14(31-20(2,3)4)16(24)23(19(27)28)13(11)10-15(12)29-5/h9-10,14H,6-8H2,1-5H3,(H,27,28)(H2,21,22,25,26). The van der Waals surface area contributed by atoms with Crippen molar-refractivity contribution in [2.45, 2.75) is 52.2 Å². The molecule has 1 unspecified atom stereocenters. The average Bonchev–Trinajstić information content (AvgIpc) is 2.76. The summed E-state index contributed by atoms with van der Waals surface area (Å²) in [5.41, 5.74) is 0.140. The van der Waals surface area contributed by atoms with Gasteiger partial charge in [0.2, 0.25) is 0 Å². The number of nitrogens with zero attached hydrogens (tertiary/aromatic N) is 1. The lowest BCUT2D eigenvalue weighted by Gasteiger charge is -2.28. The molecule has 0 aliphatic carbocycles. The number of benzene rings is 1. The van der Waals surface area contributed by atoms with Crippen molar-refractivity contribution >= 4 is 35.5 Å². The number of nitrogens with one attached hydrogen (secondary N) is 2. The van der Waals surface area contributed by atoms with E-state index in [1.165, 1.54) is 19.2 Å². The van der Waals surface area contributed by atoms with Gasteiger partial charge in [-0.05, 0) is 52.2 Å². The second-order valence-electron chi connectivity index (χ2n) is 7.69. The van der Waals surface area contributed by atoms with Gasteiger partial charge in [-0.1, -0.05) is 0 Å². The molecule has 11 nitrogen and oxygen atoms in total. The maximum absolute atomic E-state index is 12.9. The fourth-order valence-corrected chi connectivity index (χ4v) is 3.11. The summed E-state index contributed by atoms with van der Waals surface area (Å²) >= 11 is 0. The summed E-state index contributed by atoms with van der Waals surface area (Å²) in [6.07, 6.45) is -2.78. The van der Waals surface area contributed by atoms with Crippen molar-refractivity contribution in [3.63, 3.8) is 0 Å². The molecule has 0 saturated carbocycles. The van der Waals surface area contributed by atoms with E-state index in [-0.39, 0.29) is 30.2 Å². The van der Waals surface area contributed by atoms with Gasteiger partial charge in [0, 0.05) is 6.07 Å². The van der Waals surface area contributed by atoms with Gasteiger partial charge in [0.25, 0.3) is 5.91 Å². The maximum atomic E-state index is 12.9. The lowest BCUT2D eigenvalue weighted by Crippen LogP contribution is -2.45. The van der Waals surface area contributed by atoms with Crippen molar-refractivity contribution in [3.05, 3.63) is 17.7 Å². The minimum absolute atomic E-state index is 0.0954. The van der Waals surface area contributed by atoms with E-state index in [0.717, 1.165) is 0 Å². The van der Waals surface area contributed by atoms with E-state index in [1.807, 2.05) is 5.32 Å². The van der Waals surface area contributed by atoms with Gasteiger partial charge in [0.1, 0.15) is 11.9 Å². The molecule has 1 aromatic carbocycles. The number of hydrogen-bond acceptors (Lipinski definition) is 7. The van der Waals surface area contributed by atoms with Crippen LogP contribution < -0.4 is 20.3 Å². The highest BCUT2D eigenvalue weighted by molar-refractivity contribution is 6.14. The molecule has 5 amide bonds. The molecule has 1 aliphatic rings. The summed E-state index contributed by atoms with van der Waals surface area (Å²) in [4.78, 5) is 49.0. The Bertz CT molecular complexity index is 878. The first kappa shape index (κ1) is 23.9. The fourth-order valence-electron chi connectivity index (χ4n) is 3.11. The molecule has 1 atom stereocenters. The molecule has 31 heavy (non-hydrogen) atoms. The Balaban J connectivity index is 2.40. The van der Waals surface area contributed by atoms with E-state index < -0.39 is 35.8 Å². The number of rotatable bonds is 4. The van der Waals surface area contributed by atoms with Gasteiger partial charge in [-0.25, -0.2) is 24.6 Å². The fraction of sp³-hybridized carbons (Fsp3) is 0.500. The summed E-state index contributed by atoms with van der Waals surface area (Å²) in [7, 11) is 1.32. The summed E-state index contributed by atoms with van der Waals surface area (Å²) < 4.78 is 15.7. The minimum Gasteiger partial charge on any atom is -0.494 e. The van der Waals surface area contributed by atoms with E-state index >= 15 is 0 Å². The van der Waals surface area contributed by atoms with Crippen LogP contribution in [0.25, 0.3) is 0 Å². The molecule has 0 fully saturated rings. The molecule has 0 bridgehead atoms. The number of aryl methyl sites for hydroxylation is 1. The van der Waals surface area contributed by atoms with Gasteiger partial charge in [-0.2, -0.15) is 0 Å². The van der Waals surface area contributed by atoms with Crippen molar-refractivity contribution in [1.29, 1.82) is 0 Å². The molecule has 1 heterocycles. The molecule has 0 aromatic heterocycles. The van der Waals surface area contributed by atoms with Crippen LogP contribution in [0.15, 0.2) is 12.1 Å². The Hall–Kier alpha value is -3.34. The number of carboxylic acid groups (broad SMARTS) is 1. The van der Waals surface area contributed by atoms with E-state index in [4.69, 9.17) is 9.47 Å². The molecular formula is C20H27N3O8. The first-order valence-corrected chi connectivity index (χ1v) is 9.67. The molecule has 170 valence electrons. The predicted molar refractivity (Wildman–Crippen MR) is 111 cm³/mol. The highest BCUT2D eigenvalue weighted by Crippen LogP contribution is 2.37. The van der Waals surface area contributed by atoms with Crippen LogP contribution in [0.3, 0.4) is 0 Å². The Kier molecular flexibility index (Phi) is 7.45. The third-order valence-electron chi connectivity index (χ3n) is 4.24. The monoisotopic (exact) mass is 437 g/mol. The third-order valence-corrected chi connectivity index (χ3v) is 4.24. The number of urea groups is 1. The van der Waals surface area contributed by atoms with E-state index in [1.54, 1.807) is 27.7 Å². The van der Waals surface area contributed by atoms with Gasteiger partial charge in [0.05, 0.1) is 30.7 Å². The number of alkyl carbamates (subject to hydrolysis) is 1. The molecule has 0 radical (unpaired) electrons. The highest BCUT2D eigenvalue weighted by Gasteiger charge is 2.37. The van der Waals surface area contributed by atoms with Crippen molar-refractivity contribution in [2.24, 2.45) is 0 Å². The van der Waals surface area contributed by atoms with Crippen LogP contribution in [0.1, 0.15) is 39.7 Å². The molecule has 1 aliphatic heterocycles. The van der Waals surface area contributed by atoms with Gasteiger partial charge < -0.3 is 24.6 Å². The van der Waals surface area contributed by atoms with Crippen molar-refractivity contribution in [2.75, 3.05) is 23.9 Å². The Morgan fingerprint density at radius 2 is 1.94 bits per heavy atom. The van der Waals surface area contributed by atoms with Gasteiger partial charge >= 0.3 is 18.2 Å². The topological polar surface area (TPSA) is 144 Å². The third kappa shape index (κ3) is 6.07. The molecule has 3 N–H and O–H groups in total. The van der Waals surface area contributed by atoms with Crippen molar-refractivity contribution in [1.82, 2.24) is 5.32 Å². The second-order valence-corrected chi connectivity index (χ2v) is 7.69. The predicted octanol–water partition coefficient (Wildman–Crippen LogP) is 3.11. The lowest BCUT2D eigenvalue weighted by atomic mass is 10.0. The maximum Gasteiger partial charge on any atom is 0.418 e. The van der Waals surface area contributed by atoms with E-state index in [0.29, 0.717) is 16.9 Å². The normalized spacial score (nSPS) is 16.1. The van der Waals surface area contributed by atoms with E-state index in [2.05, 4.69) is 10.1 Å². The van der Waals surface area contributed by atoms with Crippen LogP contribution in [0, 0.1) is 0 Å². The molecule has 0 spiro atoms. The Morgan fingerprint density at radius 3 is 2.48 bits per heavy atom. The van der Waals surface area contributed by atoms with Gasteiger partial charge in [0.15, 0.2) is 0 Å². The number of ether oxygens (including phenoxy) is 3. The highest BCUT2D eigenvalue weighted by atomic mass is 16.5. The van der Waals surface area contributed by atoms with Crippen molar-refractivity contribution < 1.29 is 38.5 Å². The quantitative estimate of drug-likeness (QED) is 0.652. The largest absolute Gasteiger partial charge is 0.494 e. The smallest absolute Gasteiger partial charge is 0.418 e. The summed E-state index contributed by atoms with van der Waals surface area (Å²) in [6.45, 7) is 7.02. The molecule has 11 heteroatoms. The van der Waals surface area contributed by atoms with Crippen molar-refractivity contribution in [3.8, 4) is 5.75 Å². The van der Waals surface area contributed by atoms with E-state index in [9.17, 15) is 24.3 Å². The van der Waals surface area contributed by atoms with Crippen LogP contribution >= 0.6 is 0 Å². The van der Waals surface area contributed by atoms with Crippen LogP contribution in [-0.2, 0) is 20.7 Å². The average molecular weight is 437 g/mol. The molecular weight excluding hydrogens is 410 g/mol. The second kappa shape index (κ2) is 9.65. The zero-order valence-corrected chi connectivity index (χ0v) is 18.1. The molecule has 1 aromatic rings. The number of hydrogen-bond donors (Lipinski definition) is 3. The number of amides is 5. The summed E-state index contributed by atoms with van der Waals surface area (Å²) in [5.74, 6) is -0.601. The molecule has 2 rings (SSSR count). The lowest BCUT2D eigenvalue weighted by molar-refractivity contribution is -0.139. The molecule has 0 saturated heterocycles. The summed E-state index contributed by atoms with van der Waals surface area (Å²) in [5, 5.41) is 14.2. The SMILES string of the molecule is CCOC(=O)NC(=O)Nc1cc2c(cc1OC)N(C(=O)O)C(=O)C(OC(C)(C)C)CC2.